The summed E-state index contributed by atoms with van der Waals surface area (Å²) in [4.78, 5) is 13.9. The molecule has 5 nitrogen and oxygen atoms in total. The number of aromatic nitrogens is 2. The molecule has 64 valence electrons. The van der Waals surface area contributed by atoms with E-state index >= 15 is 0 Å². The van der Waals surface area contributed by atoms with E-state index in [2.05, 4.69) is 19.9 Å². The zero-order chi connectivity index (χ0) is 8.65. The summed E-state index contributed by atoms with van der Waals surface area (Å²) in [5, 5.41) is 5.67. The van der Waals surface area contributed by atoms with Gasteiger partial charge in [0.1, 0.15) is 6.61 Å². The lowest BCUT2D eigenvalue weighted by Crippen LogP contribution is -2.02. The smallest absolute Gasteiger partial charge is 0.264 e. The second kappa shape index (κ2) is 5.06. The minimum absolute atomic E-state index is 0.164. The summed E-state index contributed by atoms with van der Waals surface area (Å²) in [6.07, 6.45) is 3.00. The highest BCUT2D eigenvalue weighted by molar-refractivity contribution is 5.47. The summed E-state index contributed by atoms with van der Waals surface area (Å²) >= 11 is 0. The highest BCUT2D eigenvalue weighted by atomic mass is 16.5. The Morgan fingerprint density at radius 1 is 1.58 bits per heavy atom. The van der Waals surface area contributed by atoms with E-state index in [0.717, 1.165) is 13.2 Å². The molecule has 0 bridgehead atoms. The van der Waals surface area contributed by atoms with E-state index in [-0.39, 0.29) is 5.56 Å². The number of aliphatic imine (C=N–C) groups is 1. The first-order chi connectivity index (χ1) is 5.89. The van der Waals surface area contributed by atoms with Crippen LogP contribution < -0.4 is 5.56 Å². The van der Waals surface area contributed by atoms with E-state index in [0.29, 0.717) is 0 Å². The van der Waals surface area contributed by atoms with Gasteiger partial charge in [0.05, 0.1) is 6.54 Å². The number of rotatable bonds is 0. The maximum Gasteiger partial charge on any atom is 0.264 e. The van der Waals surface area contributed by atoms with Crippen molar-refractivity contribution < 1.29 is 4.74 Å². The normalized spacial score (nSPS) is 13.0. The predicted octanol–water partition coefficient (Wildman–Crippen LogP) is -0.185. The summed E-state index contributed by atoms with van der Waals surface area (Å²) in [7, 11) is 0. The van der Waals surface area contributed by atoms with Crippen LogP contribution in [-0.2, 0) is 4.74 Å². The van der Waals surface area contributed by atoms with Crippen molar-refractivity contribution in [1.82, 2.24) is 10.2 Å². The molecule has 2 heterocycles. The van der Waals surface area contributed by atoms with E-state index in [1.165, 1.54) is 18.7 Å². The second-order valence-corrected chi connectivity index (χ2v) is 2.00. The molecule has 0 amide bonds. The van der Waals surface area contributed by atoms with Gasteiger partial charge in [0.15, 0.2) is 6.40 Å². The Labute approximate surface area is 69.1 Å². The molecular weight excluding hydrogens is 158 g/mol. The van der Waals surface area contributed by atoms with Crippen molar-refractivity contribution in [2.75, 3.05) is 13.2 Å². The van der Waals surface area contributed by atoms with Crippen molar-refractivity contribution in [3.63, 3.8) is 0 Å². The Morgan fingerprint density at radius 3 is 2.75 bits per heavy atom. The lowest BCUT2D eigenvalue weighted by Gasteiger charge is -1.76. The van der Waals surface area contributed by atoms with Crippen LogP contribution in [0.4, 0.5) is 0 Å². The molecule has 1 aromatic rings. The summed E-state index contributed by atoms with van der Waals surface area (Å²) in [6, 6.07) is 2.99. The van der Waals surface area contributed by atoms with Gasteiger partial charge in [-0.2, -0.15) is 5.10 Å². The summed E-state index contributed by atoms with van der Waals surface area (Å²) in [6.45, 7) is 1.62. The fourth-order valence-corrected chi connectivity index (χ4v) is 0.575. The summed E-state index contributed by atoms with van der Waals surface area (Å²) in [5.41, 5.74) is -0.164. The van der Waals surface area contributed by atoms with Crippen molar-refractivity contribution in [2.45, 2.75) is 0 Å². The highest BCUT2D eigenvalue weighted by Gasteiger charge is 1.84. The third kappa shape index (κ3) is 3.50. The third-order valence-electron chi connectivity index (χ3n) is 1.07. The van der Waals surface area contributed by atoms with Gasteiger partial charge < -0.3 is 4.74 Å². The Morgan fingerprint density at radius 2 is 2.50 bits per heavy atom. The minimum Gasteiger partial charge on any atom is -0.482 e. The van der Waals surface area contributed by atoms with Gasteiger partial charge >= 0.3 is 0 Å². The molecule has 0 saturated carbocycles. The SMILES string of the molecule is C1=NCCO1.O=c1cccn[nH]1. The number of hydrogen-bond acceptors (Lipinski definition) is 4. The molecule has 0 aromatic carbocycles. The number of nitrogens with zero attached hydrogens (tertiary/aromatic N) is 2. The maximum atomic E-state index is 10.2. The van der Waals surface area contributed by atoms with Crippen molar-refractivity contribution in [3.05, 3.63) is 28.7 Å². The zero-order valence-electron chi connectivity index (χ0n) is 6.43. The minimum atomic E-state index is -0.164. The molecule has 1 N–H and O–H groups in total. The Balaban J connectivity index is 0.000000127. The van der Waals surface area contributed by atoms with Gasteiger partial charge in [0.2, 0.25) is 0 Å². The Kier molecular flexibility index (Phi) is 3.56. The molecule has 0 saturated heterocycles. The molecular formula is C7H9N3O2. The van der Waals surface area contributed by atoms with Gasteiger partial charge in [-0.1, -0.05) is 0 Å². The molecule has 0 radical (unpaired) electrons. The van der Waals surface area contributed by atoms with Crippen LogP contribution in [0.3, 0.4) is 0 Å². The number of ether oxygens (including phenoxy) is 1. The molecule has 0 unspecified atom stereocenters. The molecule has 5 heteroatoms. The quantitative estimate of drug-likeness (QED) is 0.582. The van der Waals surface area contributed by atoms with Crippen molar-refractivity contribution in [2.24, 2.45) is 4.99 Å². The van der Waals surface area contributed by atoms with Crippen LogP contribution in [0.2, 0.25) is 0 Å². The first kappa shape index (κ1) is 8.45. The van der Waals surface area contributed by atoms with E-state index in [4.69, 9.17) is 0 Å². The summed E-state index contributed by atoms with van der Waals surface area (Å²) < 4.78 is 4.65. The van der Waals surface area contributed by atoms with Crippen LogP contribution in [-0.4, -0.2) is 29.7 Å². The average Bonchev–Trinajstić information content (AvgIpc) is 2.62. The number of hydrogen-bond donors (Lipinski definition) is 1. The van der Waals surface area contributed by atoms with Crippen LogP contribution in [0, 0.1) is 0 Å². The maximum absolute atomic E-state index is 10.2. The van der Waals surface area contributed by atoms with E-state index in [1.807, 2.05) is 0 Å². The fraction of sp³-hybridized carbons (Fsp3) is 0.286. The molecule has 12 heavy (non-hydrogen) atoms. The molecule has 2 rings (SSSR count). The van der Waals surface area contributed by atoms with Crippen LogP contribution >= 0.6 is 0 Å². The Hall–Kier alpha value is -1.65. The van der Waals surface area contributed by atoms with Gasteiger partial charge in [-0.3, -0.25) is 9.79 Å². The first-order valence-electron chi connectivity index (χ1n) is 3.49. The molecule has 1 aliphatic heterocycles. The van der Waals surface area contributed by atoms with Gasteiger partial charge in [0, 0.05) is 12.3 Å². The van der Waals surface area contributed by atoms with Crippen LogP contribution in [0.1, 0.15) is 0 Å². The van der Waals surface area contributed by atoms with Gasteiger partial charge in [0.25, 0.3) is 5.56 Å². The topological polar surface area (TPSA) is 67.3 Å². The van der Waals surface area contributed by atoms with Crippen molar-refractivity contribution in [3.8, 4) is 0 Å². The lowest BCUT2D eigenvalue weighted by molar-refractivity contribution is 0.361. The number of nitrogens with one attached hydrogen (secondary N) is 1. The van der Waals surface area contributed by atoms with Crippen LogP contribution in [0.25, 0.3) is 0 Å². The van der Waals surface area contributed by atoms with Crippen LogP contribution in [0.5, 0.6) is 0 Å². The van der Waals surface area contributed by atoms with Gasteiger partial charge in [-0.15, -0.1) is 0 Å². The van der Waals surface area contributed by atoms with Gasteiger partial charge in [-0.25, -0.2) is 5.10 Å². The van der Waals surface area contributed by atoms with E-state index in [1.54, 1.807) is 6.07 Å². The second-order valence-electron chi connectivity index (χ2n) is 2.00. The summed E-state index contributed by atoms with van der Waals surface area (Å²) in [5.74, 6) is 0. The Bertz CT molecular complexity index is 271. The van der Waals surface area contributed by atoms with E-state index < -0.39 is 0 Å². The molecule has 1 aliphatic rings. The predicted molar refractivity (Wildman–Crippen MR) is 44.2 cm³/mol. The molecule has 0 fully saturated rings. The highest BCUT2D eigenvalue weighted by Crippen LogP contribution is 1.78. The number of H-pyrrole nitrogens is 1. The molecule has 1 aromatic heterocycles. The molecule has 0 spiro atoms. The molecule has 0 atom stereocenters. The first-order valence-corrected chi connectivity index (χ1v) is 3.49. The molecule has 0 aliphatic carbocycles. The fourth-order valence-electron chi connectivity index (χ4n) is 0.575. The standard InChI is InChI=1S/C4H4N2O.C3H5NO/c7-4-2-1-3-5-6-4;1-2-5-3-4-1/h1-3H,(H,6,7);3H,1-2H2. The van der Waals surface area contributed by atoms with Gasteiger partial charge in [-0.05, 0) is 6.07 Å². The average molecular weight is 167 g/mol. The zero-order valence-corrected chi connectivity index (χ0v) is 6.43. The third-order valence-corrected chi connectivity index (χ3v) is 1.07. The lowest BCUT2D eigenvalue weighted by atomic mass is 10.6. The van der Waals surface area contributed by atoms with E-state index in [9.17, 15) is 4.79 Å². The largest absolute Gasteiger partial charge is 0.482 e. The van der Waals surface area contributed by atoms with Crippen molar-refractivity contribution in [1.29, 1.82) is 0 Å². The van der Waals surface area contributed by atoms with Crippen LogP contribution in [0.15, 0.2) is 28.1 Å². The number of aromatic amines is 1. The monoisotopic (exact) mass is 167 g/mol. The van der Waals surface area contributed by atoms with Crippen molar-refractivity contribution >= 4 is 6.40 Å².